The van der Waals surface area contributed by atoms with Crippen molar-refractivity contribution in [2.75, 3.05) is 51.9 Å². The van der Waals surface area contributed by atoms with Gasteiger partial charge in [-0.2, -0.15) is 34.0 Å². The molecule has 0 amide bonds. The highest BCUT2D eigenvalue weighted by atomic mass is 32.2. The van der Waals surface area contributed by atoms with Gasteiger partial charge in [0.2, 0.25) is 11.9 Å². The summed E-state index contributed by atoms with van der Waals surface area (Å²) in [6.45, 7) is 1.52. The fourth-order valence-corrected chi connectivity index (χ4v) is 4.76. The lowest BCUT2D eigenvalue weighted by molar-refractivity contribution is 0.409. The summed E-state index contributed by atoms with van der Waals surface area (Å²) in [4.78, 5) is 19.8. The molecular weight excluding hydrogens is 536 g/mol. The Bertz CT molecular complexity index is 1080. The van der Waals surface area contributed by atoms with Crippen molar-refractivity contribution in [3.63, 3.8) is 0 Å². The molecule has 39 heavy (non-hydrogen) atoms. The van der Waals surface area contributed by atoms with E-state index in [1.54, 1.807) is 50.1 Å². The first-order chi connectivity index (χ1) is 19.0. The third kappa shape index (κ3) is 11.2. The first-order valence-corrected chi connectivity index (χ1v) is 14.4. The summed E-state index contributed by atoms with van der Waals surface area (Å²) in [5.74, 6) is 4.58. The number of guanidine groups is 2. The molecule has 12 nitrogen and oxygen atoms in total. The Morgan fingerprint density at radius 2 is 1.28 bits per heavy atom. The van der Waals surface area contributed by atoms with Crippen LogP contribution >= 0.6 is 23.5 Å². The average Bonchev–Trinajstić information content (AvgIpc) is 2.97. The summed E-state index contributed by atoms with van der Waals surface area (Å²) in [7, 11) is 3.24. The first kappa shape index (κ1) is 31.3. The molecule has 0 bridgehead atoms. The van der Waals surface area contributed by atoms with Gasteiger partial charge in [-0.05, 0) is 30.7 Å². The smallest absolute Gasteiger partial charge is 0.204 e. The van der Waals surface area contributed by atoms with Gasteiger partial charge in [0, 0.05) is 48.5 Å². The number of aliphatic imine (C=N–C) groups is 2. The SMILES string of the molecule is COc1cccnc1CSCCN=C(N)N(C#N)CCCN(C#N)C(N)=NCCSCc1ncccc1OC. The number of aromatic nitrogens is 2. The van der Waals surface area contributed by atoms with Crippen molar-refractivity contribution in [3.8, 4) is 23.9 Å². The second-order valence-corrected chi connectivity index (χ2v) is 9.96. The number of methoxy groups -OCH3 is 2. The largest absolute Gasteiger partial charge is 0.495 e. The van der Waals surface area contributed by atoms with Crippen LogP contribution < -0.4 is 20.9 Å². The Balaban J connectivity index is 1.69. The van der Waals surface area contributed by atoms with Gasteiger partial charge in [0.15, 0.2) is 12.4 Å². The highest BCUT2D eigenvalue weighted by molar-refractivity contribution is 7.98. The number of hydrogen-bond acceptors (Lipinski definition) is 10. The van der Waals surface area contributed by atoms with E-state index in [1.165, 1.54) is 9.80 Å². The van der Waals surface area contributed by atoms with Crippen LogP contribution in [-0.4, -0.2) is 83.6 Å². The molecule has 0 unspecified atom stereocenters. The van der Waals surface area contributed by atoms with Crippen LogP contribution in [0.1, 0.15) is 17.8 Å². The van der Waals surface area contributed by atoms with Crippen LogP contribution in [0, 0.1) is 22.9 Å². The molecule has 0 atom stereocenters. The second-order valence-electron chi connectivity index (χ2n) is 7.75. The second kappa shape index (κ2) is 18.4. The molecule has 0 aromatic carbocycles. The number of thioether (sulfide) groups is 2. The maximum absolute atomic E-state index is 9.47. The standard InChI is InChI=1S/C25H34N10O2S2/c1-36-22-6-3-8-30-20(22)16-38-14-10-32-24(28)34(18-26)12-5-13-35(19-27)25(29)33-11-15-39-17-21-23(37-2)7-4-9-31-21/h3-4,6-9H,5,10-17H2,1-2H3,(H2,28,32)(H2,29,33). The van der Waals surface area contributed by atoms with Crippen molar-refractivity contribution in [2.45, 2.75) is 17.9 Å². The van der Waals surface area contributed by atoms with Gasteiger partial charge in [-0.3, -0.25) is 20.0 Å². The van der Waals surface area contributed by atoms with Gasteiger partial charge < -0.3 is 20.9 Å². The first-order valence-electron chi connectivity index (χ1n) is 12.1. The van der Waals surface area contributed by atoms with Gasteiger partial charge in [-0.15, -0.1) is 0 Å². The maximum atomic E-state index is 9.47. The topological polar surface area (TPSA) is 175 Å². The van der Waals surface area contributed by atoms with E-state index in [9.17, 15) is 10.5 Å². The number of nitrogens with zero attached hydrogens (tertiary/aromatic N) is 8. The molecular formula is C25H34N10O2S2. The van der Waals surface area contributed by atoms with Gasteiger partial charge in [0.05, 0.1) is 38.7 Å². The molecule has 2 aromatic rings. The highest BCUT2D eigenvalue weighted by Crippen LogP contribution is 2.21. The number of nitriles is 2. The highest BCUT2D eigenvalue weighted by Gasteiger charge is 2.11. The minimum absolute atomic E-state index is 0.139. The maximum Gasteiger partial charge on any atom is 0.204 e. The lowest BCUT2D eigenvalue weighted by Gasteiger charge is -2.18. The van der Waals surface area contributed by atoms with E-state index in [0.29, 0.717) is 55.6 Å². The van der Waals surface area contributed by atoms with Crippen LogP contribution in [-0.2, 0) is 11.5 Å². The molecule has 0 saturated carbocycles. The molecule has 208 valence electrons. The molecule has 0 aliphatic heterocycles. The molecule has 0 aliphatic carbocycles. The van der Waals surface area contributed by atoms with E-state index >= 15 is 0 Å². The van der Waals surface area contributed by atoms with Crippen molar-refractivity contribution in [1.29, 1.82) is 10.5 Å². The van der Waals surface area contributed by atoms with Gasteiger partial charge in [0.25, 0.3) is 0 Å². The molecule has 0 saturated heterocycles. The lowest BCUT2D eigenvalue weighted by atomic mass is 10.3. The summed E-state index contributed by atoms with van der Waals surface area (Å²) in [5.41, 5.74) is 13.7. The zero-order valence-corrected chi connectivity index (χ0v) is 23.8. The number of pyridine rings is 2. The minimum Gasteiger partial charge on any atom is -0.495 e. The van der Waals surface area contributed by atoms with Crippen LogP contribution in [0.4, 0.5) is 0 Å². The van der Waals surface area contributed by atoms with Gasteiger partial charge in [-0.25, -0.2) is 9.80 Å². The van der Waals surface area contributed by atoms with Crippen LogP contribution in [0.2, 0.25) is 0 Å². The lowest BCUT2D eigenvalue weighted by Crippen LogP contribution is -2.38. The van der Waals surface area contributed by atoms with Crippen molar-refractivity contribution in [1.82, 2.24) is 19.8 Å². The van der Waals surface area contributed by atoms with E-state index < -0.39 is 0 Å². The summed E-state index contributed by atoms with van der Waals surface area (Å²) in [6, 6.07) is 7.40. The summed E-state index contributed by atoms with van der Waals surface area (Å²) in [6.07, 6.45) is 8.01. The predicted molar refractivity (Wildman–Crippen MR) is 156 cm³/mol. The molecule has 2 aromatic heterocycles. The van der Waals surface area contributed by atoms with Crippen molar-refractivity contribution in [2.24, 2.45) is 21.5 Å². The predicted octanol–water partition coefficient (Wildman–Crippen LogP) is 2.25. The average molecular weight is 571 g/mol. The summed E-state index contributed by atoms with van der Waals surface area (Å²) < 4.78 is 10.6. The quantitative estimate of drug-likeness (QED) is 0.0991. The molecule has 2 rings (SSSR count). The monoisotopic (exact) mass is 570 g/mol. The van der Waals surface area contributed by atoms with E-state index in [0.717, 1.165) is 22.9 Å². The van der Waals surface area contributed by atoms with Crippen molar-refractivity contribution < 1.29 is 9.47 Å². The Morgan fingerprint density at radius 3 is 1.67 bits per heavy atom. The zero-order chi connectivity index (χ0) is 28.3. The third-order valence-corrected chi connectivity index (χ3v) is 7.09. The number of ether oxygens (including phenoxy) is 2. The molecule has 0 fully saturated rings. The molecule has 0 radical (unpaired) electrons. The van der Waals surface area contributed by atoms with E-state index in [2.05, 4.69) is 20.0 Å². The summed E-state index contributed by atoms with van der Waals surface area (Å²) >= 11 is 3.30. The minimum atomic E-state index is 0.139. The van der Waals surface area contributed by atoms with Crippen molar-refractivity contribution >= 4 is 35.4 Å². The normalized spacial score (nSPS) is 11.4. The van der Waals surface area contributed by atoms with Crippen LogP contribution in [0.3, 0.4) is 0 Å². The fraction of sp³-hybridized carbons (Fsp3) is 0.440. The summed E-state index contributed by atoms with van der Waals surface area (Å²) in [5, 5.41) is 18.9. The Labute approximate surface area is 238 Å². The molecule has 4 N–H and O–H groups in total. The van der Waals surface area contributed by atoms with Gasteiger partial charge in [-0.1, -0.05) is 0 Å². The molecule has 0 spiro atoms. The number of hydrogen-bond donors (Lipinski definition) is 2. The molecule has 0 aliphatic rings. The molecule has 14 heteroatoms. The number of rotatable bonds is 16. The number of nitrogens with two attached hydrogens (primary N) is 2. The van der Waals surface area contributed by atoms with Crippen LogP contribution in [0.25, 0.3) is 0 Å². The van der Waals surface area contributed by atoms with Crippen LogP contribution in [0.15, 0.2) is 46.6 Å². The van der Waals surface area contributed by atoms with Crippen LogP contribution in [0.5, 0.6) is 11.5 Å². The van der Waals surface area contributed by atoms with Crippen molar-refractivity contribution in [3.05, 3.63) is 48.0 Å². The van der Waals surface area contributed by atoms with E-state index in [1.807, 2.05) is 36.7 Å². The van der Waals surface area contributed by atoms with Gasteiger partial charge in [0.1, 0.15) is 11.5 Å². The van der Waals surface area contributed by atoms with Gasteiger partial charge >= 0.3 is 0 Å². The Kier molecular flexibility index (Phi) is 14.8. The van der Waals surface area contributed by atoms with E-state index in [-0.39, 0.29) is 11.9 Å². The molecule has 2 heterocycles. The zero-order valence-electron chi connectivity index (χ0n) is 22.2. The third-order valence-electron chi connectivity index (χ3n) is 5.19. The van der Waals surface area contributed by atoms with E-state index in [4.69, 9.17) is 20.9 Å². The Morgan fingerprint density at radius 1 is 0.846 bits per heavy atom. The fourth-order valence-electron chi connectivity index (χ4n) is 3.21. The Hall–Kier alpha value is -3.88.